The standard InChI is InChI=1S/C9H14N2O2S/c1-6-4-8(14(10,12)13)5-9(11-3)7(6)2/h4-5,11H,1-3H3,(H2,10,12,13). The summed E-state index contributed by atoms with van der Waals surface area (Å²) in [6.45, 7) is 3.78. The topological polar surface area (TPSA) is 72.2 Å². The van der Waals surface area contributed by atoms with E-state index in [2.05, 4.69) is 5.32 Å². The van der Waals surface area contributed by atoms with E-state index < -0.39 is 10.0 Å². The number of nitrogens with one attached hydrogen (secondary N) is 1. The summed E-state index contributed by atoms with van der Waals surface area (Å²) in [6, 6.07) is 3.11. The molecule has 1 aromatic carbocycles. The first-order chi connectivity index (χ1) is 6.36. The minimum Gasteiger partial charge on any atom is -0.388 e. The Labute approximate surface area is 84.2 Å². The molecule has 0 aliphatic heterocycles. The molecular weight excluding hydrogens is 200 g/mol. The summed E-state index contributed by atoms with van der Waals surface area (Å²) in [5, 5.41) is 7.97. The molecule has 0 atom stereocenters. The number of hydrogen-bond donors (Lipinski definition) is 2. The van der Waals surface area contributed by atoms with Crippen LogP contribution in [0.3, 0.4) is 0 Å². The number of aryl methyl sites for hydroxylation is 1. The van der Waals surface area contributed by atoms with Crippen molar-refractivity contribution >= 4 is 15.7 Å². The molecule has 0 radical (unpaired) electrons. The quantitative estimate of drug-likeness (QED) is 0.771. The van der Waals surface area contributed by atoms with Crippen LogP contribution in [0.5, 0.6) is 0 Å². The molecule has 0 saturated heterocycles. The molecule has 14 heavy (non-hydrogen) atoms. The van der Waals surface area contributed by atoms with Gasteiger partial charge in [-0.05, 0) is 37.1 Å². The third-order valence-electron chi connectivity index (χ3n) is 2.24. The molecule has 0 fully saturated rings. The zero-order valence-corrected chi connectivity index (χ0v) is 9.27. The van der Waals surface area contributed by atoms with Gasteiger partial charge in [-0.25, -0.2) is 13.6 Å². The summed E-state index contributed by atoms with van der Waals surface area (Å²) in [5.41, 5.74) is 2.72. The highest BCUT2D eigenvalue weighted by atomic mass is 32.2. The van der Waals surface area contributed by atoms with Gasteiger partial charge in [0, 0.05) is 12.7 Å². The second-order valence-corrected chi connectivity index (χ2v) is 4.77. The van der Waals surface area contributed by atoms with Gasteiger partial charge < -0.3 is 5.32 Å². The Morgan fingerprint density at radius 3 is 2.29 bits per heavy atom. The molecule has 0 aromatic heterocycles. The van der Waals surface area contributed by atoms with Gasteiger partial charge in [-0.15, -0.1) is 0 Å². The first-order valence-electron chi connectivity index (χ1n) is 4.18. The Kier molecular flexibility index (Phi) is 2.82. The van der Waals surface area contributed by atoms with Crippen LogP contribution in [0.15, 0.2) is 17.0 Å². The summed E-state index contributed by atoms with van der Waals surface area (Å²) in [4.78, 5) is 0.143. The van der Waals surface area contributed by atoms with E-state index in [0.717, 1.165) is 16.8 Å². The van der Waals surface area contributed by atoms with Gasteiger partial charge in [0.2, 0.25) is 10.0 Å². The molecule has 0 bridgehead atoms. The van der Waals surface area contributed by atoms with Gasteiger partial charge in [-0.1, -0.05) is 0 Å². The maximum atomic E-state index is 11.1. The van der Waals surface area contributed by atoms with Crippen molar-refractivity contribution in [2.45, 2.75) is 18.7 Å². The molecule has 3 N–H and O–H groups in total. The molecule has 0 heterocycles. The Morgan fingerprint density at radius 1 is 1.29 bits per heavy atom. The molecule has 0 saturated carbocycles. The van der Waals surface area contributed by atoms with Crippen molar-refractivity contribution in [2.24, 2.45) is 5.14 Å². The van der Waals surface area contributed by atoms with Crippen molar-refractivity contribution in [1.82, 2.24) is 0 Å². The van der Waals surface area contributed by atoms with Crippen molar-refractivity contribution in [3.63, 3.8) is 0 Å². The van der Waals surface area contributed by atoms with Gasteiger partial charge in [0.25, 0.3) is 0 Å². The average Bonchev–Trinajstić information content (AvgIpc) is 2.07. The number of benzene rings is 1. The van der Waals surface area contributed by atoms with Crippen LogP contribution >= 0.6 is 0 Å². The lowest BCUT2D eigenvalue weighted by molar-refractivity contribution is 0.597. The van der Waals surface area contributed by atoms with E-state index in [-0.39, 0.29) is 4.90 Å². The van der Waals surface area contributed by atoms with Crippen LogP contribution in [0.2, 0.25) is 0 Å². The first kappa shape index (κ1) is 11.0. The number of rotatable bonds is 2. The summed E-state index contributed by atoms with van der Waals surface area (Å²) in [5.74, 6) is 0. The minimum absolute atomic E-state index is 0.143. The van der Waals surface area contributed by atoms with Crippen molar-refractivity contribution < 1.29 is 8.42 Å². The van der Waals surface area contributed by atoms with E-state index in [1.165, 1.54) is 6.07 Å². The van der Waals surface area contributed by atoms with Crippen LogP contribution < -0.4 is 10.5 Å². The van der Waals surface area contributed by atoms with Gasteiger partial charge in [-0.3, -0.25) is 0 Å². The molecule has 1 rings (SSSR count). The smallest absolute Gasteiger partial charge is 0.238 e. The van der Waals surface area contributed by atoms with Crippen molar-refractivity contribution in [3.05, 3.63) is 23.3 Å². The molecule has 1 aromatic rings. The van der Waals surface area contributed by atoms with Gasteiger partial charge >= 0.3 is 0 Å². The maximum Gasteiger partial charge on any atom is 0.238 e. The van der Waals surface area contributed by atoms with Crippen molar-refractivity contribution in [3.8, 4) is 0 Å². The predicted molar refractivity (Wildman–Crippen MR) is 56.8 cm³/mol. The predicted octanol–water partition coefficient (Wildman–Crippen LogP) is 0.993. The third-order valence-corrected chi connectivity index (χ3v) is 3.13. The molecule has 4 nitrogen and oxygen atoms in total. The maximum absolute atomic E-state index is 11.1. The lowest BCUT2D eigenvalue weighted by atomic mass is 10.1. The van der Waals surface area contributed by atoms with Gasteiger partial charge in [0.05, 0.1) is 4.90 Å². The summed E-state index contributed by atoms with van der Waals surface area (Å²) < 4.78 is 22.2. The SMILES string of the molecule is CNc1cc(S(N)(=O)=O)cc(C)c1C. The zero-order chi connectivity index (χ0) is 10.9. The van der Waals surface area contributed by atoms with Crippen LogP contribution in [-0.2, 0) is 10.0 Å². The van der Waals surface area contributed by atoms with Crippen LogP contribution in [0.25, 0.3) is 0 Å². The van der Waals surface area contributed by atoms with Crippen LogP contribution in [-0.4, -0.2) is 15.5 Å². The van der Waals surface area contributed by atoms with E-state index in [4.69, 9.17) is 5.14 Å². The number of anilines is 1. The molecule has 0 aliphatic carbocycles. The number of primary sulfonamides is 1. The molecule has 0 spiro atoms. The fourth-order valence-corrected chi connectivity index (χ4v) is 1.87. The summed E-state index contributed by atoms with van der Waals surface area (Å²) >= 11 is 0. The van der Waals surface area contributed by atoms with E-state index >= 15 is 0 Å². The average molecular weight is 214 g/mol. The normalized spacial score (nSPS) is 11.4. The highest BCUT2D eigenvalue weighted by Crippen LogP contribution is 2.22. The van der Waals surface area contributed by atoms with Gasteiger partial charge in [-0.2, -0.15) is 0 Å². The monoisotopic (exact) mass is 214 g/mol. The Bertz CT molecular complexity index is 452. The van der Waals surface area contributed by atoms with E-state index in [9.17, 15) is 8.42 Å². The third kappa shape index (κ3) is 2.05. The largest absolute Gasteiger partial charge is 0.388 e. The fourth-order valence-electron chi connectivity index (χ4n) is 1.25. The molecule has 78 valence electrons. The lowest BCUT2D eigenvalue weighted by Gasteiger charge is -2.10. The molecular formula is C9H14N2O2S. The van der Waals surface area contributed by atoms with Gasteiger partial charge in [0.15, 0.2) is 0 Å². The summed E-state index contributed by atoms with van der Waals surface area (Å²) in [6.07, 6.45) is 0. The first-order valence-corrected chi connectivity index (χ1v) is 5.72. The Morgan fingerprint density at radius 2 is 1.86 bits per heavy atom. The highest BCUT2D eigenvalue weighted by molar-refractivity contribution is 7.89. The van der Waals surface area contributed by atoms with Crippen LogP contribution in [0, 0.1) is 13.8 Å². The van der Waals surface area contributed by atoms with E-state index in [1.54, 1.807) is 13.1 Å². The molecule has 5 heteroatoms. The number of nitrogens with two attached hydrogens (primary N) is 1. The van der Waals surface area contributed by atoms with Crippen molar-refractivity contribution in [2.75, 3.05) is 12.4 Å². The summed E-state index contributed by atoms with van der Waals surface area (Å²) in [7, 11) is -1.87. The van der Waals surface area contributed by atoms with E-state index in [1.807, 2.05) is 13.8 Å². The zero-order valence-electron chi connectivity index (χ0n) is 8.46. The molecule has 0 unspecified atom stereocenters. The lowest BCUT2D eigenvalue weighted by Crippen LogP contribution is -2.13. The Balaban J connectivity index is 3.46. The van der Waals surface area contributed by atoms with Gasteiger partial charge in [0.1, 0.15) is 0 Å². The number of hydrogen-bond acceptors (Lipinski definition) is 3. The number of sulfonamides is 1. The highest BCUT2D eigenvalue weighted by Gasteiger charge is 2.11. The van der Waals surface area contributed by atoms with Crippen LogP contribution in [0.1, 0.15) is 11.1 Å². The second kappa shape index (κ2) is 3.59. The second-order valence-electron chi connectivity index (χ2n) is 3.21. The molecule has 0 aliphatic rings. The van der Waals surface area contributed by atoms with E-state index in [0.29, 0.717) is 0 Å². The Hall–Kier alpha value is -1.07. The van der Waals surface area contributed by atoms with Crippen molar-refractivity contribution in [1.29, 1.82) is 0 Å². The minimum atomic E-state index is -3.61. The van der Waals surface area contributed by atoms with Crippen LogP contribution in [0.4, 0.5) is 5.69 Å². The fraction of sp³-hybridized carbons (Fsp3) is 0.333. The molecule has 0 amide bonds.